The molecule has 0 aromatic rings. The van der Waals surface area contributed by atoms with Gasteiger partial charge in [-0.05, 0) is 0 Å². The van der Waals surface area contributed by atoms with Crippen molar-refractivity contribution in [2.45, 2.75) is 80.2 Å². The van der Waals surface area contributed by atoms with E-state index in [2.05, 4.69) is 10.6 Å². The van der Waals surface area contributed by atoms with Gasteiger partial charge in [0.05, 0.1) is 0 Å². The monoisotopic (exact) mass is 610 g/mol. The van der Waals surface area contributed by atoms with E-state index in [9.17, 15) is 54.2 Å². The van der Waals surface area contributed by atoms with Crippen LogP contribution in [-0.4, -0.2) is 160 Å². The predicted molar refractivity (Wildman–Crippen MR) is 116 cm³/mol. The minimum absolute atomic E-state index is 0.109. The number of aliphatic hydroxyl groups excluding tert-OH is 8. The molecule has 1 heterocycles. The van der Waals surface area contributed by atoms with E-state index in [1.807, 2.05) is 0 Å². The van der Waals surface area contributed by atoms with Gasteiger partial charge in [0.25, 0.3) is 0 Å². The van der Waals surface area contributed by atoms with Crippen LogP contribution in [0.1, 0.15) is 6.92 Å². The van der Waals surface area contributed by atoms with Crippen molar-refractivity contribution in [3.8, 4) is 0 Å². The Morgan fingerprint density at radius 1 is 0.944 bits per heavy atom. The van der Waals surface area contributed by atoms with Crippen LogP contribution in [0.5, 0.6) is 0 Å². The predicted octanol–water partition coefficient (Wildman–Crippen LogP) is -7.80. The van der Waals surface area contributed by atoms with Crippen molar-refractivity contribution in [3.63, 3.8) is 0 Å². The molecular weight excluding hydrogens is 579 g/mol. The molecule has 19 heteroatoms. The van der Waals surface area contributed by atoms with E-state index in [4.69, 9.17) is 17.7 Å². The topological polar surface area (TPSA) is 296 Å². The summed E-state index contributed by atoms with van der Waals surface area (Å²) in [5.74, 6) is -2.42. The van der Waals surface area contributed by atoms with Crippen molar-refractivity contribution >= 4 is 34.9 Å². The van der Waals surface area contributed by atoms with Crippen molar-refractivity contribution in [2.24, 2.45) is 0 Å². The summed E-state index contributed by atoms with van der Waals surface area (Å²) in [4.78, 5) is 24.3. The van der Waals surface area contributed by atoms with Crippen molar-refractivity contribution in [1.82, 2.24) is 10.6 Å². The molecule has 1 aliphatic carbocycles. The Labute approximate surface area is 210 Å². The summed E-state index contributed by atoms with van der Waals surface area (Å²) in [7, 11) is 0.109. The molecule has 1 saturated carbocycles. The van der Waals surface area contributed by atoms with Crippen molar-refractivity contribution < 1.29 is 71.8 Å². The van der Waals surface area contributed by atoms with Crippen LogP contribution < -0.4 is 10.6 Å². The molecule has 1 saturated heterocycles. The van der Waals surface area contributed by atoms with Crippen LogP contribution in [0.2, 0.25) is 0 Å². The number of rotatable bonds is 9. The minimum atomic E-state index is -5.28. The van der Waals surface area contributed by atoms with Crippen LogP contribution in [0.25, 0.3) is 0 Å². The Balaban J connectivity index is 2.29. The molecule has 2 unspecified atom stereocenters. The quantitative estimate of drug-likeness (QED) is 0.108. The Hall–Kier alpha value is -0.832. The summed E-state index contributed by atoms with van der Waals surface area (Å²) < 4.78 is 40.2. The first-order valence-corrected chi connectivity index (χ1v) is 16.2. The van der Waals surface area contributed by atoms with Crippen LogP contribution in [-0.2, 0) is 22.8 Å². The molecule has 1 aliphatic heterocycles. The molecule has 210 valence electrons. The Kier molecular flexibility index (Phi) is 11.2. The van der Waals surface area contributed by atoms with Gasteiger partial charge in [0.1, 0.15) is 0 Å². The normalized spacial score (nSPS) is 40.4. The van der Waals surface area contributed by atoms with Gasteiger partial charge in [-0.3, -0.25) is 0 Å². The molecule has 17 nitrogen and oxygen atoms in total. The van der Waals surface area contributed by atoms with Crippen LogP contribution in [0.4, 0.5) is 0 Å². The average molecular weight is 610 g/mol. The standard InChI is InChI=1S/C17H31AsN2O15S/c1-4(22)19-5(3-36-18(31,32)33)16(30)20-7-9(24)8(23)6(2-21)34-17(7)35-15-13(28)11(26)10(25)12(27)14(15)29/h5-15,17,21,23-29H,2-3H2,1H3,(H,19,22)(H,20,30)(H2,31,32,33)/t5-,6+,7+,8+,9+,10?,11-,12+,13+,14+,15?,17+/m0/s1. The average Bonchev–Trinajstić information content (AvgIpc) is 2.80. The fraction of sp³-hybridized carbons (Fsp3) is 0.882. The van der Waals surface area contributed by atoms with Gasteiger partial charge in [-0.25, -0.2) is 0 Å². The van der Waals surface area contributed by atoms with Gasteiger partial charge in [-0.15, -0.1) is 0 Å². The molecule has 2 aliphatic rings. The summed E-state index contributed by atoms with van der Waals surface area (Å²) in [5, 5.41) is 84.7. The van der Waals surface area contributed by atoms with Gasteiger partial charge in [-0.1, -0.05) is 0 Å². The molecule has 0 aromatic carbocycles. The number of amides is 2. The molecule has 12 N–H and O–H groups in total. The van der Waals surface area contributed by atoms with Gasteiger partial charge in [-0.2, -0.15) is 0 Å². The first kappa shape index (κ1) is 31.4. The van der Waals surface area contributed by atoms with Gasteiger partial charge in [0.15, 0.2) is 0 Å². The Morgan fingerprint density at radius 3 is 1.94 bits per heavy atom. The number of carbonyl (C=O) groups excluding carboxylic acids is 2. The fourth-order valence-electron chi connectivity index (χ4n) is 3.73. The van der Waals surface area contributed by atoms with Crippen LogP contribution in [0.15, 0.2) is 0 Å². The van der Waals surface area contributed by atoms with E-state index in [1.54, 1.807) is 0 Å². The van der Waals surface area contributed by atoms with Gasteiger partial charge in [0.2, 0.25) is 0 Å². The second-order valence-electron chi connectivity index (χ2n) is 8.33. The molecular formula is C17H31AsN2O15S. The van der Waals surface area contributed by atoms with Crippen LogP contribution in [0.3, 0.4) is 0 Å². The Morgan fingerprint density at radius 2 is 1.47 bits per heavy atom. The molecule has 0 spiro atoms. The number of carbonyl (C=O) groups is 2. The molecule has 2 amide bonds. The van der Waals surface area contributed by atoms with E-state index in [-0.39, 0.29) is 10.0 Å². The third kappa shape index (κ3) is 7.61. The molecule has 0 radical (unpaired) electrons. The zero-order valence-corrected chi connectivity index (χ0v) is 21.4. The molecule has 36 heavy (non-hydrogen) atoms. The van der Waals surface area contributed by atoms with E-state index in [0.717, 1.165) is 6.92 Å². The SMILES string of the molecule is CC(=O)N[C@@H](CS[As](=O)(O)O)C(=O)N[C@H]1[C@@H](OC2[C@H](O)[C@H](O)C(O)[C@H](O)[C@H]2O)O[C@H](CO)[C@@H](O)[C@@H]1O. The first-order chi connectivity index (χ1) is 16.6. The summed E-state index contributed by atoms with van der Waals surface area (Å²) in [6.07, 6.45) is -18.8. The third-order valence-corrected chi connectivity index (χ3v) is 9.53. The molecule has 2 rings (SSSR count). The number of aliphatic hydroxyl groups is 8. The number of nitrogens with one attached hydrogen (secondary N) is 2. The van der Waals surface area contributed by atoms with Crippen LogP contribution in [0, 0.1) is 0 Å². The number of hydrogen-bond donors (Lipinski definition) is 12. The van der Waals surface area contributed by atoms with Crippen molar-refractivity contribution in [3.05, 3.63) is 0 Å². The van der Waals surface area contributed by atoms with E-state index in [0.29, 0.717) is 0 Å². The van der Waals surface area contributed by atoms with E-state index in [1.165, 1.54) is 0 Å². The zero-order chi connectivity index (χ0) is 27.5. The number of ether oxygens (including phenoxy) is 2. The molecule has 2 fully saturated rings. The fourth-order valence-corrected chi connectivity index (χ4v) is 6.47. The van der Waals surface area contributed by atoms with Gasteiger partial charge < -0.3 is 5.11 Å². The van der Waals surface area contributed by atoms with Gasteiger partial charge >= 0.3 is 205 Å². The first-order valence-electron chi connectivity index (χ1n) is 10.5. The van der Waals surface area contributed by atoms with Crippen molar-refractivity contribution in [2.75, 3.05) is 12.4 Å². The molecule has 0 aromatic heterocycles. The summed E-state index contributed by atoms with van der Waals surface area (Å²) >= 11 is -5.28. The maximum atomic E-state index is 12.8. The Bertz CT molecular complexity index is 803. The van der Waals surface area contributed by atoms with E-state index < -0.39 is 110 Å². The molecule has 0 bridgehead atoms. The van der Waals surface area contributed by atoms with E-state index >= 15 is 0 Å². The van der Waals surface area contributed by atoms with Crippen LogP contribution >= 0.6 is 10.0 Å². The zero-order valence-electron chi connectivity index (χ0n) is 18.7. The summed E-state index contributed by atoms with van der Waals surface area (Å²) in [6, 6.07) is -3.26. The maximum absolute atomic E-state index is 12.8. The number of hydrogen-bond acceptors (Lipinski definition) is 14. The second kappa shape index (κ2) is 12.8. The molecule has 12 atom stereocenters. The van der Waals surface area contributed by atoms with Crippen molar-refractivity contribution in [1.29, 1.82) is 0 Å². The summed E-state index contributed by atoms with van der Waals surface area (Å²) in [5.41, 5.74) is 0. The second-order valence-corrected chi connectivity index (χ2v) is 15.1. The summed E-state index contributed by atoms with van der Waals surface area (Å²) in [6.45, 7) is 0.179. The van der Waals surface area contributed by atoms with Gasteiger partial charge in [0, 0.05) is 0 Å². The third-order valence-electron chi connectivity index (χ3n) is 5.66.